The van der Waals surface area contributed by atoms with Crippen LogP contribution in [0, 0.1) is 0 Å². The molecule has 0 rings (SSSR count). The molecule has 0 amide bonds. The van der Waals surface area contributed by atoms with Gasteiger partial charge in [0.05, 0.1) is 0 Å². The summed E-state index contributed by atoms with van der Waals surface area (Å²) >= 11 is 0. The van der Waals surface area contributed by atoms with Crippen molar-refractivity contribution in [2.75, 3.05) is 0 Å². The number of rotatable bonds is 2. The predicted molar refractivity (Wildman–Crippen MR) is 30.0 cm³/mol. The summed E-state index contributed by atoms with van der Waals surface area (Å²) in [6.45, 7) is 0.944. The molecule has 0 aliphatic carbocycles. The highest BCUT2D eigenvalue weighted by Crippen LogP contribution is 2.08. The fraction of sp³-hybridized carbons (Fsp3) is 0.750. The van der Waals surface area contributed by atoms with Gasteiger partial charge in [-0.25, -0.2) is 0 Å². The molecule has 0 aromatic heterocycles. The molecule has 0 bridgehead atoms. The fourth-order valence-corrected chi connectivity index (χ4v) is 0.131. The second kappa shape index (κ2) is 2.03. The molecule has 1 atom stereocenters. The van der Waals surface area contributed by atoms with Gasteiger partial charge >= 0.3 is 12.1 Å². The van der Waals surface area contributed by atoms with Crippen LogP contribution in [0.3, 0.4) is 0 Å². The summed E-state index contributed by atoms with van der Waals surface area (Å²) in [4.78, 5) is 8.06. The third kappa shape index (κ3) is 1.72. The molecule has 54 valence electrons. The largest absolute Gasteiger partial charge is 0.370 e. The van der Waals surface area contributed by atoms with Crippen molar-refractivity contribution in [1.82, 2.24) is 0 Å². The van der Waals surface area contributed by atoms with Crippen LogP contribution in [-0.2, 0) is 0 Å². The van der Waals surface area contributed by atoms with Gasteiger partial charge in [-0.15, -0.1) is 0 Å². The first-order valence-electron chi connectivity index (χ1n) is 2.26. The average Bonchev–Trinajstić information content (AvgIpc) is 1.64. The first kappa shape index (κ1) is 8.51. The molecule has 9 heavy (non-hydrogen) atoms. The first-order valence-corrected chi connectivity index (χ1v) is 2.26. The van der Waals surface area contributed by atoms with Gasteiger partial charge in [-0.2, -0.15) is 0 Å². The Kier molecular flexibility index (Phi) is 1.92. The van der Waals surface area contributed by atoms with Gasteiger partial charge in [-0.1, -0.05) is 0 Å². The Bertz CT molecular complexity index is 114. The molecule has 0 heterocycles. The number of aldehydes is 1. The van der Waals surface area contributed by atoms with E-state index < -0.39 is 11.5 Å². The highest BCUT2D eigenvalue weighted by atomic mass is 16.5. The minimum Gasteiger partial charge on any atom is -0.370 e. The third-order valence-electron chi connectivity index (χ3n) is 0.925. The van der Waals surface area contributed by atoms with Crippen LogP contribution in [0.15, 0.2) is 0 Å². The molecular formula is C4H10NO4+. The van der Waals surface area contributed by atoms with Gasteiger partial charge in [-0.05, 0) is 6.92 Å². The molecule has 0 saturated heterocycles. The van der Waals surface area contributed by atoms with Gasteiger partial charge in [-0.3, -0.25) is 10.5 Å². The maximum Gasteiger partial charge on any atom is 0.345 e. The topological polar surface area (TPSA) is 108 Å². The van der Waals surface area contributed by atoms with E-state index in [0.29, 0.717) is 0 Å². The van der Waals surface area contributed by atoms with Gasteiger partial charge in [0.25, 0.3) is 0 Å². The zero-order valence-electron chi connectivity index (χ0n) is 4.94. The van der Waals surface area contributed by atoms with E-state index in [2.05, 4.69) is 0 Å². The van der Waals surface area contributed by atoms with Crippen LogP contribution in [0.5, 0.6) is 0 Å². The normalized spacial score (nSPS) is 18.8. The van der Waals surface area contributed by atoms with E-state index in [4.69, 9.17) is 25.8 Å². The van der Waals surface area contributed by atoms with Crippen LogP contribution < -0.4 is 5.73 Å². The second-order valence-corrected chi connectivity index (χ2v) is 2.00. The number of carbonyl (C=O) groups excluding carboxylic acids is 1. The molecule has 0 saturated carbocycles. The minimum atomic E-state index is -2.76. The van der Waals surface area contributed by atoms with Crippen molar-refractivity contribution in [2.24, 2.45) is 5.73 Å². The highest BCUT2D eigenvalue weighted by Gasteiger charge is 2.44. The van der Waals surface area contributed by atoms with Crippen molar-refractivity contribution in [3.63, 3.8) is 0 Å². The Balaban J connectivity index is 4.32. The van der Waals surface area contributed by atoms with Crippen LogP contribution in [0.2, 0.25) is 0 Å². The third-order valence-corrected chi connectivity index (χ3v) is 0.925. The molecule has 5 heteroatoms. The summed E-state index contributed by atoms with van der Waals surface area (Å²) in [5.41, 5.74) is 2.54. The van der Waals surface area contributed by atoms with E-state index in [1.165, 1.54) is 0 Å². The highest BCUT2D eigenvalue weighted by molar-refractivity contribution is 5.62. The molecule has 1 unspecified atom stereocenters. The zero-order valence-corrected chi connectivity index (χ0v) is 4.94. The summed E-state index contributed by atoms with van der Waals surface area (Å²) in [5, 5.41) is 25.7. The van der Waals surface area contributed by atoms with Gasteiger partial charge < -0.3 is 15.3 Å². The van der Waals surface area contributed by atoms with Gasteiger partial charge in [0.1, 0.15) is 0 Å². The molecule has 0 aliphatic heterocycles. The smallest absolute Gasteiger partial charge is 0.345 e. The Morgan fingerprint density at radius 2 is 1.78 bits per heavy atom. The van der Waals surface area contributed by atoms with Crippen molar-refractivity contribution >= 4 is 6.29 Å². The minimum absolute atomic E-state index is 0.00694. The first-order chi connectivity index (χ1) is 3.81. The monoisotopic (exact) mass is 136 g/mol. The zero-order chi connectivity index (χ0) is 7.71. The maximum absolute atomic E-state index is 8.63. The molecule has 0 spiro atoms. The summed E-state index contributed by atoms with van der Waals surface area (Å²) in [6, 6.07) is 0. The quantitative estimate of drug-likeness (QED) is 0.191. The lowest BCUT2D eigenvalue weighted by Crippen LogP contribution is -2.59. The molecule has 6 N–H and O–H groups in total. The molecule has 0 aliphatic rings. The molecule has 0 fully saturated rings. The number of aliphatic hydroxyl groups is 3. The lowest BCUT2D eigenvalue weighted by molar-refractivity contribution is -0.218. The molecular weight excluding hydrogens is 126 g/mol. The van der Waals surface area contributed by atoms with E-state index in [9.17, 15) is 0 Å². The van der Waals surface area contributed by atoms with Crippen molar-refractivity contribution in [3.05, 3.63) is 0 Å². The Hall–Kier alpha value is -0.490. The predicted octanol–water partition coefficient (Wildman–Crippen LogP) is -2.49. The van der Waals surface area contributed by atoms with Gasteiger partial charge in [0, 0.05) is 0 Å². The Morgan fingerprint density at radius 1 is 1.44 bits per heavy atom. The van der Waals surface area contributed by atoms with Crippen molar-refractivity contribution in [2.45, 2.75) is 18.4 Å². The van der Waals surface area contributed by atoms with Crippen LogP contribution in [0.25, 0.3) is 0 Å². The second-order valence-electron chi connectivity index (χ2n) is 2.00. The summed E-state index contributed by atoms with van der Waals surface area (Å²) in [6.07, 6.45) is 0.00694. The summed E-state index contributed by atoms with van der Waals surface area (Å²) in [5.74, 6) is -2.76. The lowest BCUT2D eigenvalue weighted by atomic mass is 10.1. The Labute approximate surface area is 51.7 Å². The van der Waals surface area contributed by atoms with E-state index in [0.717, 1.165) is 6.92 Å². The van der Waals surface area contributed by atoms with Crippen LogP contribution in [0.1, 0.15) is 6.92 Å². The molecule has 0 radical (unpaired) electrons. The van der Waals surface area contributed by atoms with E-state index in [1.807, 2.05) is 0 Å². The van der Waals surface area contributed by atoms with Crippen molar-refractivity contribution < 1.29 is 20.1 Å². The SMILES string of the molecule is CC(N)(O)C(O)(O)C=[OH+]. The van der Waals surface area contributed by atoms with E-state index in [-0.39, 0.29) is 6.29 Å². The standard InChI is InChI=1S/C4H9NO4/c1-3(5,7)4(8,9)2-6/h2,7-9H,5H2,1H3/p+1. The summed E-state index contributed by atoms with van der Waals surface area (Å²) < 4.78 is 0. The van der Waals surface area contributed by atoms with Crippen LogP contribution in [-0.4, -0.2) is 37.9 Å². The fourth-order valence-electron chi connectivity index (χ4n) is 0.131. The van der Waals surface area contributed by atoms with Gasteiger partial charge in [0.2, 0.25) is 0 Å². The molecule has 0 aromatic rings. The van der Waals surface area contributed by atoms with Crippen LogP contribution >= 0.6 is 0 Å². The number of hydrogen-bond acceptors (Lipinski definition) is 4. The van der Waals surface area contributed by atoms with Crippen molar-refractivity contribution in [3.8, 4) is 0 Å². The molecule has 0 aromatic carbocycles. The van der Waals surface area contributed by atoms with Crippen LogP contribution in [0.4, 0.5) is 0 Å². The number of nitrogens with two attached hydrogens (primary N) is 1. The van der Waals surface area contributed by atoms with Gasteiger partial charge in [0.15, 0.2) is 5.72 Å². The summed E-state index contributed by atoms with van der Waals surface area (Å²) in [7, 11) is 0. The van der Waals surface area contributed by atoms with E-state index >= 15 is 0 Å². The Morgan fingerprint density at radius 3 is 1.78 bits per heavy atom. The van der Waals surface area contributed by atoms with E-state index in [1.54, 1.807) is 0 Å². The molecule has 5 nitrogen and oxygen atoms in total. The maximum atomic E-state index is 8.63. The lowest BCUT2D eigenvalue weighted by Gasteiger charge is -2.24. The average molecular weight is 136 g/mol. The number of hydrogen-bond donors (Lipinski definition) is 4. The van der Waals surface area contributed by atoms with Crippen molar-refractivity contribution in [1.29, 1.82) is 0 Å².